The Labute approximate surface area is 223 Å². The SMILES string of the molecule is CN(C)C(=O)c1ccc(-c2ccc3c(n2)Oc2ccccc2[C@@H]3C(C)(C)C(=O)Nc2nnc(CF)s2)cc1. The molecule has 2 aromatic carbocycles. The molecule has 194 valence electrons. The van der Waals surface area contributed by atoms with E-state index in [-0.39, 0.29) is 27.9 Å². The van der Waals surface area contributed by atoms with Crippen LogP contribution in [0.1, 0.15) is 46.3 Å². The number of nitrogens with one attached hydrogen (secondary N) is 1. The molecule has 3 heterocycles. The largest absolute Gasteiger partial charge is 0.438 e. The van der Waals surface area contributed by atoms with Crippen molar-refractivity contribution < 1.29 is 18.7 Å². The highest BCUT2D eigenvalue weighted by Gasteiger charge is 2.44. The molecule has 38 heavy (non-hydrogen) atoms. The Morgan fingerprint density at radius 1 is 1.03 bits per heavy atom. The summed E-state index contributed by atoms with van der Waals surface area (Å²) in [5, 5.41) is 10.9. The fourth-order valence-electron chi connectivity index (χ4n) is 4.56. The quantitative estimate of drug-likeness (QED) is 0.344. The number of nitrogens with zero attached hydrogens (tertiary/aromatic N) is 4. The lowest BCUT2D eigenvalue weighted by Gasteiger charge is -2.37. The molecule has 1 aliphatic heterocycles. The normalized spacial score (nSPS) is 14.2. The lowest BCUT2D eigenvalue weighted by molar-refractivity contribution is -0.124. The first-order chi connectivity index (χ1) is 18.2. The van der Waals surface area contributed by atoms with Gasteiger partial charge < -0.3 is 15.0 Å². The number of carbonyl (C=O) groups is 2. The smallest absolute Gasteiger partial charge is 0.253 e. The number of para-hydroxylation sites is 1. The number of halogens is 1. The van der Waals surface area contributed by atoms with Crippen LogP contribution in [0.3, 0.4) is 0 Å². The second-order valence-corrected chi connectivity index (χ2v) is 10.8. The highest BCUT2D eigenvalue weighted by molar-refractivity contribution is 7.15. The van der Waals surface area contributed by atoms with E-state index in [9.17, 15) is 14.0 Å². The number of aromatic nitrogens is 3. The number of anilines is 1. The van der Waals surface area contributed by atoms with Crippen LogP contribution < -0.4 is 10.1 Å². The van der Waals surface area contributed by atoms with Gasteiger partial charge in [0.25, 0.3) is 5.91 Å². The van der Waals surface area contributed by atoms with Crippen LogP contribution in [0.2, 0.25) is 0 Å². The zero-order chi connectivity index (χ0) is 27.0. The topological polar surface area (TPSA) is 97.3 Å². The van der Waals surface area contributed by atoms with Crippen molar-refractivity contribution in [3.63, 3.8) is 0 Å². The maximum absolute atomic E-state index is 13.5. The Kier molecular flexibility index (Phi) is 6.66. The van der Waals surface area contributed by atoms with Crippen LogP contribution >= 0.6 is 11.3 Å². The Morgan fingerprint density at radius 3 is 2.45 bits per heavy atom. The number of rotatable bonds is 6. The molecule has 0 saturated heterocycles. The Bertz CT molecular complexity index is 1520. The second-order valence-electron chi connectivity index (χ2n) is 9.75. The van der Waals surface area contributed by atoms with Crippen molar-refractivity contribution in [1.29, 1.82) is 0 Å². The predicted octanol–water partition coefficient (Wildman–Crippen LogP) is 5.67. The van der Waals surface area contributed by atoms with Gasteiger partial charge in [0, 0.05) is 42.3 Å². The van der Waals surface area contributed by atoms with Crippen molar-refractivity contribution in [3.8, 4) is 22.9 Å². The van der Waals surface area contributed by atoms with Gasteiger partial charge in [-0.15, -0.1) is 10.2 Å². The summed E-state index contributed by atoms with van der Waals surface area (Å²) in [4.78, 5) is 32.1. The van der Waals surface area contributed by atoms with E-state index in [1.165, 1.54) is 4.90 Å². The second kappa shape index (κ2) is 9.94. The third-order valence-electron chi connectivity index (χ3n) is 6.58. The molecule has 0 unspecified atom stereocenters. The minimum atomic E-state index is -0.951. The molecule has 0 saturated carbocycles. The molecule has 1 N–H and O–H groups in total. The number of carbonyl (C=O) groups excluding carboxylic acids is 2. The van der Waals surface area contributed by atoms with Crippen LogP contribution in [0.15, 0.2) is 60.7 Å². The first kappa shape index (κ1) is 25.5. The average molecular weight is 532 g/mol. The molecule has 4 aromatic rings. The standard InChI is InChI=1S/C28H26FN5O3S/c1-28(2,26(36)31-27-33-32-22(15-29)38-27)23-18-7-5-6-8-21(18)37-24-19(23)13-14-20(30-24)16-9-11-17(12-10-16)25(35)34(3)4/h5-14,23H,15H2,1-4H3,(H,31,33,36)/t23-/m0/s1. The lowest BCUT2D eigenvalue weighted by Crippen LogP contribution is -2.38. The van der Waals surface area contributed by atoms with Crippen LogP contribution in [0, 0.1) is 5.41 Å². The molecule has 10 heteroatoms. The number of hydrogen-bond donors (Lipinski definition) is 1. The van der Waals surface area contributed by atoms with Crippen LogP contribution in [-0.2, 0) is 11.5 Å². The van der Waals surface area contributed by atoms with E-state index >= 15 is 0 Å². The number of hydrogen-bond acceptors (Lipinski definition) is 7. The van der Waals surface area contributed by atoms with Gasteiger partial charge in [-0.3, -0.25) is 9.59 Å². The van der Waals surface area contributed by atoms with Gasteiger partial charge in [0.15, 0.2) is 0 Å². The van der Waals surface area contributed by atoms with E-state index in [4.69, 9.17) is 9.72 Å². The summed E-state index contributed by atoms with van der Waals surface area (Å²) < 4.78 is 19.1. The third kappa shape index (κ3) is 4.63. The molecule has 8 nitrogen and oxygen atoms in total. The van der Waals surface area contributed by atoms with Crippen LogP contribution in [0.5, 0.6) is 11.6 Å². The Balaban J connectivity index is 1.50. The van der Waals surface area contributed by atoms with Crippen molar-refractivity contribution in [2.75, 3.05) is 19.4 Å². The van der Waals surface area contributed by atoms with Crippen LogP contribution in [0.25, 0.3) is 11.3 Å². The summed E-state index contributed by atoms with van der Waals surface area (Å²) in [7, 11) is 3.42. The number of benzene rings is 2. The fraction of sp³-hybridized carbons (Fsp3) is 0.250. The lowest BCUT2D eigenvalue weighted by atomic mass is 9.69. The molecule has 0 radical (unpaired) electrons. The van der Waals surface area contributed by atoms with E-state index in [1.807, 2.05) is 62.4 Å². The first-order valence-corrected chi connectivity index (χ1v) is 12.8. The first-order valence-electron chi connectivity index (χ1n) is 12.0. The minimum Gasteiger partial charge on any atom is -0.438 e. The molecular formula is C28H26FN5O3S. The summed E-state index contributed by atoms with van der Waals surface area (Å²) in [6.45, 7) is 2.97. The van der Waals surface area contributed by atoms with Crippen LogP contribution in [0.4, 0.5) is 9.52 Å². The van der Waals surface area contributed by atoms with Crippen molar-refractivity contribution in [3.05, 3.63) is 82.4 Å². The summed E-state index contributed by atoms with van der Waals surface area (Å²) in [6.07, 6.45) is 0. The fourth-order valence-corrected chi connectivity index (χ4v) is 5.15. The molecule has 0 bridgehead atoms. The van der Waals surface area contributed by atoms with Gasteiger partial charge >= 0.3 is 0 Å². The van der Waals surface area contributed by atoms with Gasteiger partial charge in [-0.05, 0) is 24.3 Å². The average Bonchev–Trinajstić information content (AvgIpc) is 3.38. The van der Waals surface area contributed by atoms with Gasteiger partial charge in [0.05, 0.1) is 11.1 Å². The molecule has 0 spiro atoms. The van der Waals surface area contributed by atoms with E-state index in [1.54, 1.807) is 26.2 Å². The number of fused-ring (bicyclic) bond motifs is 2. The number of amides is 2. The van der Waals surface area contributed by atoms with Crippen molar-refractivity contribution in [1.82, 2.24) is 20.1 Å². The van der Waals surface area contributed by atoms with E-state index in [2.05, 4.69) is 15.5 Å². The maximum Gasteiger partial charge on any atom is 0.253 e. The number of ether oxygens (including phenoxy) is 1. The molecule has 0 fully saturated rings. The highest BCUT2D eigenvalue weighted by Crippen LogP contribution is 2.52. The maximum atomic E-state index is 13.5. The van der Waals surface area contributed by atoms with Gasteiger partial charge in [0.2, 0.25) is 16.9 Å². The van der Waals surface area contributed by atoms with Crippen molar-refractivity contribution in [2.45, 2.75) is 26.4 Å². The summed E-state index contributed by atoms with van der Waals surface area (Å²) >= 11 is 1.01. The molecular weight excluding hydrogens is 505 g/mol. The predicted molar refractivity (Wildman–Crippen MR) is 143 cm³/mol. The van der Waals surface area contributed by atoms with Crippen molar-refractivity contribution >= 4 is 28.3 Å². The van der Waals surface area contributed by atoms with E-state index in [0.717, 1.165) is 28.0 Å². The van der Waals surface area contributed by atoms with Crippen LogP contribution in [-0.4, -0.2) is 46.0 Å². The molecule has 1 aliphatic rings. The molecule has 2 aromatic heterocycles. The summed E-state index contributed by atoms with van der Waals surface area (Å²) in [5.74, 6) is 0.302. The summed E-state index contributed by atoms with van der Waals surface area (Å²) in [5.41, 5.74) is 2.79. The molecule has 5 rings (SSSR count). The number of alkyl halides is 1. The molecule has 1 atom stereocenters. The van der Waals surface area contributed by atoms with Gasteiger partial charge in [0.1, 0.15) is 17.4 Å². The Hall–Kier alpha value is -4.18. The Morgan fingerprint density at radius 2 is 1.76 bits per heavy atom. The van der Waals surface area contributed by atoms with E-state index in [0.29, 0.717) is 22.9 Å². The summed E-state index contributed by atoms with van der Waals surface area (Å²) in [6, 6.07) is 18.6. The third-order valence-corrected chi connectivity index (χ3v) is 7.38. The zero-order valence-electron chi connectivity index (χ0n) is 21.4. The van der Waals surface area contributed by atoms with E-state index < -0.39 is 12.1 Å². The number of pyridine rings is 1. The molecule has 2 amide bonds. The van der Waals surface area contributed by atoms with Gasteiger partial charge in [-0.2, -0.15) is 0 Å². The monoisotopic (exact) mass is 531 g/mol. The molecule has 0 aliphatic carbocycles. The minimum absolute atomic E-state index is 0.0762. The van der Waals surface area contributed by atoms with Gasteiger partial charge in [-0.25, -0.2) is 9.37 Å². The van der Waals surface area contributed by atoms with Crippen molar-refractivity contribution in [2.24, 2.45) is 5.41 Å². The zero-order valence-corrected chi connectivity index (χ0v) is 22.2. The highest BCUT2D eigenvalue weighted by atomic mass is 32.1. The van der Waals surface area contributed by atoms with Gasteiger partial charge in [-0.1, -0.05) is 61.6 Å².